The van der Waals surface area contributed by atoms with Crippen molar-refractivity contribution in [3.8, 4) is 17.1 Å². The maximum Gasteiger partial charge on any atom is 0.146 e. The molecule has 0 amide bonds. The quantitative estimate of drug-likeness (QED) is 0.718. The molecular formula is C14H11N3OS. The summed E-state index contributed by atoms with van der Waals surface area (Å²) in [5, 5.41) is 2.01. The largest absolute Gasteiger partial charge is 0.372 e. The molecule has 0 N–H and O–H groups in total. The van der Waals surface area contributed by atoms with Gasteiger partial charge in [-0.1, -0.05) is 6.07 Å². The van der Waals surface area contributed by atoms with Crippen molar-refractivity contribution in [2.75, 3.05) is 0 Å². The van der Waals surface area contributed by atoms with Crippen LogP contribution in [0.2, 0.25) is 0 Å². The third kappa shape index (κ3) is 1.78. The Hall–Kier alpha value is -1.98. The Labute approximate surface area is 114 Å². The van der Waals surface area contributed by atoms with Crippen molar-refractivity contribution in [1.29, 1.82) is 0 Å². The molecule has 2 aromatic heterocycles. The summed E-state index contributed by atoms with van der Waals surface area (Å²) in [6.07, 6.45) is 5.64. The highest BCUT2D eigenvalue weighted by atomic mass is 32.1. The van der Waals surface area contributed by atoms with E-state index < -0.39 is 0 Å². The number of fused-ring (bicyclic) bond motifs is 1. The van der Waals surface area contributed by atoms with Gasteiger partial charge in [0.25, 0.3) is 0 Å². The van der Waals surface area contributed by atoms with Crippen LogP contribution in [-0.4, -0.2) is 13.9 Å². The number of hydrogen-bond donors (Lipinski definition) is 0. The van der Waals surface area contributed by atoms with Gasteiger partial charge < -0.3 is 4.74 Å². The van der Waals surface area contributed by atoms with E-state index in [1.165, 1.54) is 22.7 Å². The van der Waals surface area contributed by atoms with Gasteiger partial charge in [0.1, 0.15) is 5.82 Å². The summed E-state index contributed by atoms with van der Waals surface area (Å²) in [7, 11) is 0. The fourth-order valence-electron chi connectivity index (χ4n) is 2.35. The van der Waals surface area contributed by atoms with E-state index in [0.29, 0.717) is 6.61 Å². The molecule has 0 aliphatic carbocycles. The van der Waals surface area contributed by atoms with Crippen LogP contribution in [0.25, 0.3) is 17.1 Å². The number of imidazole rings is 1. The van der Waals surface area contributed by atoms with E-state index in [1.807, 2.05) is 24.0 Å². The van der Waals surface area contributed by atoms with Crippen molar-refractivity contribution in [3.63, 3.8) is 0 Å². The van der Waals surface area contributed by atoms with Gasteiger partial charge in [0.2, 0.25) is 0 Å². The second-order valence-electron chi connectivity index (χ2n) is 4.48. The molecule has 4 nitrogen and oxygen atoms in total. The number of hydrogen-bond acceptors (Lipinski definition) is 4. The molecule has 0 saturated heterocycles. The lowest BCUT2D eigenvalue weighted by atomic mass is 10.1. The van der Waals surface area contributed by atoms with Gasteiger partial charge in [-0.3, -0.25) is 4.57 Å². The second-order valence-corrected chi connectivity index (χ2v) is 5.14. The van der Waals surface area contributed by atoms with Crippen LogP contribution in [0.4, 0.5) is 0 Å². The number of ether oxygens (including phenoxy) is 1. The lowest BCUT2D eigenvalue weighted by Crippen LogP contribution is -1.97. The Balaban J connectivity index is 1.83. The Bertz CT molecular complexity index is 718. The van der Waals surface area contributed by atoms with E-state index in [4.69, 9.17) is 4.74 Å². The minimum absolute atomic E-state index is 0.702. The molecule has 0 fully saturated rings. The zero-order valence-electron chi connectivity index (χ0n) is 10.1. The van der Waals surface area contributed by atoms with Crippen molar-refractivity contribution >= 4 is 11.5 Å². The molecular weight excluding hydrogens is 258 g/mol. The van der Waals surface area contributed by atoms with Crippen LogP contribution in [-0.2, 0) is 18.0 Å². The molecule has 0 bridgehead atoms. The lowest BCUT2D eigenvalue weighted by molar-refractivity contribution is 0.134. The van der Waals surface area contributed by atoms with Crippen LogP contribution in [0.3, 0.4) is 0 Å². The molecule has 1 aromatic carbocycles. The fraction of sp³-hybridized carbons (Fsp3) is 0.143. The number of aromatic nitrogens is 3. The van der Waals surface area contributed by atoms with Crippen LogP contribution in [0.5, 0.6) is 0 Å². The summed E-state index contributed by atoms with van der Waals surface area (Å²) in [5.41, 5.74) is 4.71. The molecule has 0 spiro atoms. The van der Waals surface area contributed by atoms with Crippen LogP contribution < -0.4 is 0 Å². The average molecular weight is 269 g/mol. The van der Waals surface area contributed by atoms with E-state index in [1.54, 1.807) is 0 Å². The number of rotatable bonds is 2. The third-order valence-electron chi connectivity index (χ3n) is 3.31. The smallest absolute Gasteiger partial charge is 0.146 e. The molecule has 0 saturated carbocycles. The lowest BCUT2D eigenvalue weighted by Gasteiger charge is -2.08. The van der Waals surface area contributed by atoms with E-state index in [-0.39, 0.29) is 0 Å². The summed E-state index contributed by atoms with van der Waals surface area (Å²) >= 11 is 1.44. The maximum atomic E-state index is 5.46. The van der Waals surface area contributed by atoms with Crippen molar-refractivity contribution < 1.29 is 4.74 Å². The number of nitrogens with zero attached hydrogens (tertiary/aromatic N) is 3. The van der Waals surface area contributed by atoms with Crippen LogP contribution in [0.15, 0.2) is 42.2 Å². The van der Waals surface area contributed by atoms with Crippen LogP contribution >= 0.6 is 11.5 Å². The monoisotopic (exact) mass is 269 g/mol. The summed E-state index contributed by atoms with van der Waals surface area (Å²) in [4.78, 5) is 4.43. The Morgan fingerprint density at radius 1 is 1.21 bits per heavy atom. The van der Waals surface area contributed by atoms with Gasteiger partial charge in [-0.2, -0.15) is 0 Å². The van der Waals surface area contributed by atoms with Crippen LogP contribution in [0, 0.1) is 0 Å². The standard InChI is InChI=1S/C14H11N3OS/c1-2-13(5-11-8-18-7-10(1)11)17-4-3-15-14(17)12-6-16-19-9-12/h1-6,9H,7-8H2. The van der Waals surface area contributed by atoms with Gasteiger partial charge in [-0.15, -0.1) is 0 Å². The first-order valence-corrected chi connectivity index (χ1v) is 6.88. The molecule has 19 heavy (non-hydrogen) atoms. The van der Waals surface area contributed by atoms with Gasteiger partial charge in [-0.05, 0) is 34.8 Å². The van der Waals surface area contributed by atoms with Gasteiger partial charge in [0, 0.05) is 29.0 Å². The molecule has 5 heteroatoms. The molecule has 94 valence electrons. The fourth-order valence-corrected chi connectivity index (χ4v) is 2.86. The molecule has 1 aliphatic rings. The molecule has 1 aliphatic heterocycles. The first-order valence-electron chi connectivity index (χ1n) is 6.05. The zero-order valence-corrected chi connectivity index (χ0v) is 10.9. The van der Waals surface area contributed by atoms with Gasteiger partial charge >= 0.3 is 0 Å². The first kappa shape index (κ1) is 10.9. The molecule has 0 unspecified atom stereocenters. The predicted molar refractivity (Wildman–Crippen MR) is 73.2 cm³/mol. The molecule has 0 atom stereocenters. The summed E-state index contributed by atoms with van der Waals surface area (Å²) < 4.78 is 11.7. The van der Waals surface area contributed by atoms with E-state index in [2.05, 4.69) is 32.1 Å². The van der Waals surface area contributed by atoms with Gasteiger partial charge in [0.15, 0.2) is 0 Å². The van der Waals surface area contributed by atoms with Gasteiger partial charge in [0.05, 0.1) is 19.4 Å². The van der Waals surface area contributed by atoms with Crippen LogP contribution in [0.1, 0.15) is 11.1 Å². The minimum Gasteiger partial charge on any atom is -0.372 e. The first-order chi connectivity index (χ1) is 9.42. The van der Waals surface area contributed by atoms with E-state index >= 15 is 0 Å². The second kappa shape index (κ2) is 4.29. The zero-order chi connectivity index (χ0) is 12.7. The molecule has 3 heterocycles. The average Bonchev–Trinajstić information content (AvgIpc) is 3.18. The van der Waals surface area contributed by atoms with E-state index in [0.717, 1.165) is 23.7 Å². The van der Waals surface area contributed by atoms with E-state index in [9.17, 15) is 0 Å². The highest BCUT2D eigenvalue weighted by Gasteiger charge is 2.14. The third-order valence-corrected chi connectivity index (χ3v) is 3.90. The maximum absolute atomic E-state index is 5.46. The summed E-state index contributed by atoms with van der Waals surface area (Å²) in [6.45, 7) is 1.42. The molecule has 0 radical (unpaired) electrons. The molecule has 3 aromatic rings. The van der Waals surface area contributed by atoms with Crippen molar-refractivity contribution in [2.45, 2.75) is 13.2 Å². The van der Waals surface area contributed by atoms with Crippen molar-refractivity contribution in [2.24, 2.45) is 0 Å². The number of benzene rings is 1. The van der Waals surface area contributed by atoms with Crippen molar-refractivity contribution in [3.05, 3.63) is 53.3 Å². The highest BCUT2D eigenvalue weighted by molar-refractivity contribution is 7.03. The summed E-state index contributed by atoms with van der Waals surface area (Å²) in [6, 6.07) is 6.42. The Morgan fingerprint density at radius 2 is 2.16 bits per heavy atom. The summed E-state index contributed by atoms with van der Waals surface area (Å²) in [5.74, 6) is 0.924. The normalized spacial score (nSPS) is 13.7. The van der Waals surface area contributed by atoms with Crippen molar-refractivity contribution in [1.82, 2.24) is 13.9 Å². The molecule has 4 rings (SSSR count). The topological polar surface area (TPSA) is 39.9 Å². The Morgan fingerprint density at radius 3 is 3.05 bits per heavy atom. The highest BCUT2D eigenvalue weighted by Crippen LogP contribution is 2.26. The SMILES string of the molecule is c1cn(-c2ccc3c(c2)COC3)c(-c2cnsc2)n1. The predicted octanol–water partition coefficient (Wildman–Crippen LogP) is 3.03. The minimum atomic E-state index is 0.702. The Kier molecular flexibility index (Phi) is 2.46. The van der Waals surface area contributed by atoms with Gasteiger partial charge in [-0.25, -0.2) is 9.36 Å².